The zero-order valence-corrected chi connectivity index (χ0v) is 12.8. The Labute approximate surface area is 121 Å². The monoisotopic (exact) mass is 322 g/mol. The number of aryl methyl sites for hydroxylation is 3. The maximum Gasteiger partial charge on any atom is 0.123 e. The molecule has 2 aromatic rings. The molecule has 1 unspecified atom stereocenters. The molecule has 0 amide bonds. The smallest absolute Gasteiger partial charge is 0.123 e. The lowest BCUT2D eigenvalue weighted by atomic mass is 9.91. The van der Waals surface area contributed by atoms with Crippen molar-refractivity contribution in [3.05, 3.63) is 68.4 Å². The van der Waals surface area contributed by atoms with Gasteiger partial charge in [0.25, 0.3) is 0 Å². The van der Waals surface area contributed by atoms with E-state index < -0.39 is 6.10 Å². The lowest BCUT2D eigenvalue weighted by Crippen LogP contribution is -2.07. The van der Waals surface area contributed by atoms with Crippen LogP contribution in [0.2, 0.25) is 0 Å². The van der Waals surface area contributed by atoms with E-state index in [1.165, 1.54) is 12.1 Å². The molecule has 19 heavy (non-hydrogen) atoms. The fraction of sp³-hybridized carbons (Fsp3) is 0.250. The number of benzene rings is 2. The second-order valence-electron chi connectivity index (χ2n) is 4.86. The Kier molecular flexibility index (Phi) is 4.07. The predicted molar refractivity (Wildman–Crippen MR) is 78.8 cm³/mol. The number of hydrogen-bond acceptors (Lipinski definition) is 1. The topological polar surface area (TPSA) is 20.2 Å². The largest absolute Gasteiger partial charge is 0.384 e. The fourth-order valence-corrected chi connectivity index (χ4v) is 2.79. The van der Waals surface area contributed by atoms with E-state index >= 15 is 0 Å². The van der Waals surface area contributed by atoms with E-state index in [4.69, 9.17) is 0 Å². The zero-order valence-electron chi connectivity index (χ0n) is 11.2. The van der Waals surface area contributed by atoms with E-state index in [0.29, 0.717) is 0 Å². The van der Waals surface area contributed by atoms with Crippen LogP contribution in [0.3, 0.4) is 0 Å². The summed E-state index contributed by atoms with van der Waals surface area (Å²) in [6.07, 6.45) is -0.738. The molecule has 0 heterocycles. The van der Waals surface area contributed by atoms with Crippen LogP contribution >= 0.6 is 15.9 Å². The van der Waals surface area contributed by atoms with Gasteiger partial charge in [0.05, 0.1) is 0 Å². The number of hydrogen-bond donors (Lipinski definition) is 1. The minimum atomic E-state index is -0.738. The van der Waals surface area contributed by atoms with Crippen molar-refractivity contribution in [3.63, 3.8) is 0 Å². The molecule has 0 radical (unpaired) electrons. The van der Waals surface area contributed by atoms with E-state index in [9.17, 15) is 9.50 Å². The quantitative estimate of drug-likeness (QED) is 0.857. The average molecular weight is 323 g/mol. The van der Waals surface area contributed by atoms with Crippen LogP contribution in [0.1, 0.15) is 33.9 Å². The number of rotatable bonds is 2. The normalized spacial score (nSPS) is 12.5. The maximum absolute atomic E-state index is 13.3. The van der Waals surface area contributed by atoms with Crippen molar-refractivity contribution < 1.29 is 9.50 Å². The van der Waals surface area contributed by atoms with Gasteiger partial charge in [-0.25, -0.2) is 4.39 Å². The van der Waals surface area contributed by atoms with Crippen LogP contribution in [-0.2, 0) is 0 Å². The highest BCUT2D eigenvalue weighted by atomic mass is 79.9. The summed E-state index contributed by atoms with van der Waals surface area (Å²) in [6, 6.07) is 8.72. The van der Waals surface area contributed by atoms with Crippen LogP contribution in [0, 0.1) is 26.6 Å². The van der Waals surface area contributed by atoms with Crippen molar-refractivity contribution in [2.75, 3.05) is 0 Å². The summed E-state index contributed by atoms with van der Waals surface area (Å²) in [5, 5.41) is 10.6. The SMILES string of the molecule is Cc1ccc(Br)cc1C(O)c1c(C)cc(F)cc1C. The van der Waals surface area contributed by atoms with Gasteiger partial charge in [0, 0.05) is 4.47 Å². The van der Waals surface area contributed by atoms with Crippen LogP contribution in [0.4, 0.5) is 4.39 Å². The third-order valence-electron chi connectivity index (χ3n) is 3.37. The van der Waals surface area contributed by atoms with Crippen LogP contribution in [0.15, 0.2) is 34.8 Å². The van der Waals surface area contributed by atoms with E-state index in [1.54, 1.807) is 0 Å². The standard InChI is InChI=1S/C16H16BrFO/c1-9-4-5-12(17)8-14(9)16(19)15-10(2)6-13(18)7-11(15)3/h4-8,16,19H,1-3H3. The lowest BCUT2D eigenvalue weighted by Gasteiger charge is -2.19. The molecule has 2 rings (SSSR count). The molecule has 2 aromatic carbocycles. The van der Waals surface area contributed by atoms with Gasteiger partial charge in [-0.15, -0.1) is 0 Å². The predicted octanol–water partition coefficient (Wildman–Crippen LogP) is 4.60. The molecular weight excluding hydrogens is 307 g/mol. The summed E-state index contributed by atoms with van der Waals surface area (Å²) >= 11 is 3.41. The zero-order chi connectivity index (χ0) is 14.2. The molecule has 1 N–H and O–H groups in total. The van der Waals surface area contributed by atoms with Crippen molar-refractivity contribution in [1.82, 2.24) is 0 Å². The molecule has 0 spiro atoms. The molecule has 0 aliphatic heterocycles. The Bertz CT molecular complexity index is 599. The summed E-state index contributed by atoms with van der Waals surface area (Å²) in [7, 11) is 0. The number of aliphatic hydroxyl groups excluding tert-OH is 1. The number of aliphatic hydroxyl groups is 1. The van der Waals surface area contributed by atoms with Gasteiger partial charge in [0.2, 0.25) is 0 Å². The Morgan fingerprint density at radius 3 is 2.16 bits per heavy atom. The van der Waals surface area contributed by atoms with Crippen molar-refractivity contribution in [3.8, 4) is 0 Å². The van der Waals surface area contributed by atoms with Gasteiger partial charge in [-0.05, 0) is 72.9 Å². The van der Waals surface area contributed by atoms with Crippen molar-refractivity contribution in [1.29, 1.82) is 0 Å². The summed E-state index contributed by atoms with van der Waals surface area (Å²) < 4.78 is 14.2. The molecule has 0 aromatic heterocycles. The highest BCUT2D eigenvalue weighted by Gasteiger charge is 2.18. The highest BCUT2D eigenvalue weighted by molar-refractivity contribution is 9.10. The molecule has 1 atom stereocenters. The fourth-order valence-electron chi connectivity index (χ4n) is 2.41. The molecule has 0 saturated heterocycles. The molecule has 0 bridgehead atoms. The molecule has 0 saturated carbocycles. The van der Waals surface area contributed by atoms with Gasteiger partial charge in [-0.3, -0.25) is 0 Å². The van der Waals surface area contributed by atoms with E-state index in [1.807, 2.05) is 39.0 Å². The van der Waals surface area contributed by atoms with E-state index in [2.05, 4.69) is 15.9 Å². The Hall–Kier alpha value is -1.19. The van der Waals surface area contributed by atoms with Gasteiger partial charge >= 0.3 is 0 Å². The van der Waals surface area contributed by atoms with Crippen LogP contribution in [0.25, 0.3) is 0 Å². The van der Waals surface area contributed by atoms with Crippen LogP contribution in [0.5, 0.6) is 0 Å². The molecule has 3 heteroatoms. The van der Waals surface area contributed by atoms with E-state index in [0.717, 1.165) is 32.3 Å². The molecule has 0 aliphatic rings. The van der Waals surface area contributed by atoms with Gasteiger partial charge in [0.1, 0.15) is 11.9 Å². The molecule has 0 fully saturated rings. The first-order valence-electron chi connectivity index (χ1n) is 6.11. The second-order valence-corrected chi connectivity index (χ2v) is 5.77. The molecule has 1 nitrogen and oxygen atoms in total. The third kappa shape index (κ3) is 2.88. The second kappa shape index (κ2) is 5.43. The van der Waals surface area contributed by atoms with Crippen LogP contribution < -0.4 is 0 Å². The first kappa shape index (κ1) is 14.2. The van der Waals surface area contributed by atoms with Crippen molar-refractivity contribution in [2.45, 2.75) is 26.9 Å². The minimum absolute atomic E-state index is 0.267. The molecule has 0 aliphatic carbocycles. The Morgan fingerprint density at radius 2 is 1.58 bits per heavy atom. The van der Waals surface area contributed by atoms with Gasteiger partial charge in [-0.2, -0.15) is 0 Å². The van der Waals surface area contributed by atoms with Crippen molar-refractivity contribution in [2.24, 2.45) is 0 Å². The van der Waals surface area contributed by atoms with Gasteiger partial charge in [0.15, 0.2) is 0 Å². The van der Waals surface area contributed by atoms with Crippen LogP contribution in [-0.4, -0.2) is 5.11 Å². The summed E-state index contributed by atoms with van der Waals surface area (Å²) in [4.78, 5) is 0. The Morgan fingerprint density at radius 1 is 1.00 bits per heavy atom. The minimum Gasteiger partial charge on any atom is -0.384 e. The highest BCUT2D eigenvalue weighted by Crippen LogP contribution is 2.31. The average Bonchev–Trinajstić information content (AvgIpc) is 2.30. The maximum atomic E-state index is 13.3. The third-order valence-corrected chi connectivity index (χ3v) is 3.86. The molecular formula is C16H16BrFO. The van der Waals surface area contributed by atoms with Gasteiger partial charge in [-0.1, -0.05) is 22.0 Å². The first-order chi connectivity index (χ1) is 8.90. The van der Waals surface area contributed by atoms with Crippen molar-refractivity contribution >= 4 is 15.9 Å². The van der Waals surface area contributed by atoms with Gasteiger partial charge < -0.3 is 5.11 Å². The summed E-state index contributed by atoms with van der Waals surface area (Å²) in [5.41, 5.74) is 4.17. The summed E-state index contributed by atoms with van der Waals surface area (Å²) in [5.74, 6) is -0.267. The summed E-state index contributed by atoms with van der Waals surface area (Å²) in [6.45, 7) is 5.60. The Balaban J connectivity index is 2.56. The lowest BCUT2D eigenvalue weighted by molar-refractivity contribution is 0.218. The van der Waals surface area contributed by atoms with E-state index in [-0.39, 0.29) is 5.82 Å². The number of halogens is 2. The first-order valence-corrected chi connectivity index (χ1v) is 6.90. The molecule has 100 valence electrons.